The number of phenols is 1. The number of halogens is 2. The zero-order valence-corrected chi connectivity index (χ0v) is 9.49. The fourth-order valence-corrected chi connectivity index (χ4v) is 3.47. The van der Waals surface area contributed by atoms with Gasteiger partial charge in [0.1, 0.15) is 5.75 Å². The number of aliphatic carboxylic acids is 1. The second-order valence-corrected chi connectivity index (χ2v) is 5.52. The Bertz CT molecular complexity index is 502. The molecule has 0 saturated heterocycles. The van der Waals surface area contributed by atoms with Crippen LogP contribution in [0.25, 0.3) is 0 Å². The van der Waals surface area contributed by atoms with Crippen LogP contribution in [0.15, 0.2) is 24.3 Å². The lowest BCUT2D eigenvalue weighted by atomic mass is 9.32. The van der Waals surface area contributed by atoms with Crippen LogP contribution in [0, 0.1) is 5.41 Å². The van der Waals surface area contributed by atoms with E-state index in [1.807, 2.05) is 0 Å². The standard InChI is InChI=1S/C13H12F2O3/c14-13(15,10(17)18)12-5-11(6-12,7-12)8-1-3-9(16)4-2-8/h1-4,16H,5-7H2,(H,17,18). The maximum atomic E-state index is 13.5. The summed E-state index contributed by atoms with van der Waals surface area (Å²) < 4.78 is 27.0. The summed E-state index contributed by atoms with van der Waals surface area (Å²) in [6.07, 6.45) is 0.637. The third kappa shape index (κ3) is 1.14. The van der Waals surface area contributed by atoms with Gasteiger partial charge >= 0.3 is 11.9 Å². The minimum absolute atomic E-state index is 0.135. The summed E-state index contributed by atoms with van der Waals surface area (Å²) in [6, 6.07) is 6.49. The average molecular weight is 254 g/mol. The molecule has 0 spiro atoms. The lowest BCUT2D eigenvalue weighted by molar-refractivity contribution is -0.277. The second-order valence-electron chi connectivity index (χ2n) is 5.52. The van der Waals surface area contributed by atoms with Gasteiger partial charge in [0.05, 0.1) is 0 Å². The molecule has 1 aromatic carbocycles. The molecule has 0 aliphatic heterocycles. The van der Waals surface area contributed by atoms with E-state index in [1.165, 1.54) is 12.1 Å². The first-order valence-electron chi connectivity index (χ1n) is 5.72. The highest BCUT2D eigenvalue weighted by molar-refractivity contribution is 5.78. The molecule has 4 rings (SSSR count). The largest absolute Gasteiger partial charge is 0.508 e. The van der Waals surface area contributed by atoms with Crippen molar-refractivity contribution in [1.29, 1.82) is 0 Å². The normalized spacial score (nSPS) is 33.4. The Morgan fingerprint density at radius 1 is 1.17 bits per heavy atom. The van der Waals surface area contributed by atoms with E-state index in [0.717, 1.165) is 5.56 Å². The lowest BCUT2D eigenvalue weighted by Gasteiger charge is -2.72. The Morgan fingerprint density at radius 2 is 1.67 bits per heavy atom. The van der Waals surface area contributed by atoms with Crippen molar-refractivity contribution in [2.75, 3.05) is 0 Å². The molecule has 0 atom stereocenters. The number of hydrogen-bond acceptors (Lipinski definition) is 2. The molecule has 2 N–H and O–H groups in total. The molecule has 2 bridgehead atoms. The topological polar surface area (TPSA) is 57.5 Å². The van der Waals surface area contributed by atoms with Crippen LogP contribution >= 0.6 is 0 Å². The van der Waals surface area contributed by atoms with Gasteiger partial charge < -0.3 is 10.2 Å². The molecule has 0 unspecified atom stereocenters. The summed E-state index contributed by atoms with van der Waals surface area (Å²) in [4.78, 5) is 10.6. The Balaban J connectivity index is 1.81. The number of hydrogen-bond donors (Lipinski definition) is 2. The van der Waals surface area contributed by atoms with Crippen molar-refractivity contribution in [1.82, 2.24) is 0 Å². The monoisotopic (exact) mass is 254 g/mol. The molecule has 0 amide bonds. The number of carboxylic acids is 1. The van der Waals surface area contributed by atoms with Crippen molar-refractivity contribution in [3.63, 3.8) is 0 Å². The summed E-state index contributed by atoms with van der Waals surface area (Å²) in [5.74, 6) is -5.52. The third-order valence-corrected chi connectivity index (χ3v) is 4.44. The number of benzene rings is 1. The number of phenolic OH excluding ortho intramolecular Hbond substituents is 1. The van der Waals surface area contributed by atoms with Crippen LogP contribution in [0.3, 0.4) is 0 Å². The van der Waals surface area contributed by atoms with Gasteiger partial charge in [0.15, 0.2) is 0 Å². The van der Waals surface area contributed by atoms with Crippen LogP contribution in [-0.2, 0) is 10.2 Å². The maximum absolute atomic E-state index is 13.5. The van der Waals surface area contributed by atoms with Gasteiger partial charge in [0.25, 0.3) is 0 Å². The van der Waals surface area contributed by atoms with E-state index < -0.39 is 17.3 Å². The second kappa shape index (κ2) is 3.02. The van der Waals surface area contributed by atoms with E-state index in [9.17, 15) is 18.7 Å². The van der Waals surface area contributed by atoms with Gasteiger partial charge in [0.2, 0.25) is 0 Å². The van der Waals surface area contributed by atoms with E-state index in [4.69, 9.17) is 5.11 Å². The number of rotatable bonds is 3. The molecule has 96 valence electrons. The molecule has 3 saturated carbocycles. The summed E-state index contributed by atoms with van der Waals surface area (Å²) in [6.45, 7) is 0. The fourth-order valence-electron chi connectivity index (χ4n) is 3.47. The highest BCUT2D eigenvalue weighted by atomic mass is 19.3. The summed E-state index contributed by atoms with van der Waals surface area (Å²) in [7, 11) is 0. The van der Waals surface area contributed by atoms with Crippen LogP contribution in [0.2, 0.25) is 0 Å². The highest BCUT2D eigenvalue weighted by Gasteiger charge is 2.79. The van der Waals surface area contributed by atoms with Gasteiger partial charge in [-0.05, 0) is 42.4 Å². The predicted molar refractivity (Wildman–Crippen MR) is 58.7 cm³/mol. The molecule has 1 aromatic rings. The van der Waals surface area contributed by atoms with Gasteiger partial charge in [-0.25, -0.2) is 4.79 Å². The predicted octanol–water partition coefficient (Wildman–Crippen LogP) is 2.53. The number of carbonyl (C=O) groups is 1. The van der Waals surface area contributed by atoms with Crippen LogP contribution in [0.5, 0.6) is 5.75 Å². The van der Waals surface area contributed by atoms with E-state index in [-0.39, 0.29) is 30.4 Å². The van der Waals surface area contributed by atoms with E-state index in [2.05, 4.69) is 0 Å². The first-order chi connectivity index (χ1) is 8.31. The molecule has 3 aliphatic rings. The fraction of sp³-hybridized carbons (Fsp3) is 0.462. The molecular formula is C13H12F2O3. The summed E-state index contributed by atoms with van der Waals surface area (Å²) in [5.41, 5.74) is -0.744. The quantitative estimate of drug-likeness (QED) is 0.871. The highest BCUT2D eigenvalue weighted by Crippen LogP contribution is 2.78. The third-order valence-electron chi connectivity index (χ3n) is 4.44. The van der Waals surface area contributed by atoms with E-state index >= 15 is 0 Å². The van der Waals surface area contributed by atoms with Gasteiger partial charge in [-0.2, -0.15) is 8.78 Å². The van der Waals surface area contributed by atoms with Crippen molar-refractivity contribution in [3.05, 3.63) is 29.8 Å². The summed E-state index contributed by atoms with van der Waals surface area (Å²) in [5, 5.41) is 17.8. The van der Waals surface area contributed by atoms with Gasteiger partial charge in [0, 0.05) is 5.41 Å². The van der Waals surface area contributed by atoms with Gasteiger partial charge in [-0.15, -0.1) is 0 Å². The molecule has 3 fully saturated rings. The average Bonchev–Trinajstić information content (AvgIpc) is 2.16. The van der Waals surface area contributed by atoms with Gasteiger partial charge in [-0.1, -0.05) is 12.1 Å². The Hall–Kier alpha value is -1.65. The zero-order valence-electron chi connectivity index (χ0n) is 9.49. The maximum Gasteiger partial charge on any atom is 0.375 e. The van der Waals surface area contributed by atoms with Crippen molar-refractivity contribution >= 4 is 5.97 Å². The Labute approximate surface area is 102 Å². The zero-order chi connectivity index (χ0) is 13.2. The Kier molecular flexibility index (Phi) is 1.92. The number of alkyl halides is 2. The molecule has 0 heterocycles. The van der Waals surface area contributed by atoms with Crippen molar-refractivity contribution in [2.45, 2.75) is 30.6 Å². The van der Waals surface area contributed by atoms with Crippen molar-refractivity contribution in [2.24, 2.45) is 5.41 Å². The SMILES string of the molecule is O=C(O)C(F)(F)C12CC(c3ccc(O)cc3)(C1)C2. The lowest BCUT2D eigenvalue weighted by Crippen LogP contribution is -2.73. The van der Waals surface area contributed by atoms with Crippen LogP contribution in [0.1, 0.15) is 24.8 Å². The molecule has 3 aliphatic carbocycles. The van der Waals surface area contributed by atoms with E-state index in [0.29, 0.717) is 0 Å². The number of carboxylic acid groups (broad SMARTS) is 1. The smallest absolute Gasteiger partial charge is 0.375 e. The molecule has 18 heavy (non-hydrogen) atoms. The molecular weight excluding hydrogens is 242 g/mol. The van der Waals surface area contributed by atoms with Gasteiger partial charge in [-0.3, -0.25) is 0 Å². The molecule has 0 aromatic heterocycles. The first kappa shape index (κ1) is 11.4. The molecule has 0 radical (unpaired) electrons. The van der Waals surface area contributed by atoms with Crippen LogP contribution < -0.4 is 0 Å². The molecule has 5 heteroatoms. The van der Waals surface area contributed by atoms with Crippen molar-refractivity contribution < 1.29 is 23.8 Å². The minimum Gasteiger partial charge on any atom is -0.508 e. The van der Waals surface area contributed by atoms with Crippen molar-refractivity contribution in [3.8, 4) is 5.75 Å². The van der Waals surface area contributed by atoms with Crippen LogP contribution in [-0.4, -0.2) is 22.1 Å². The minimum atomic E-state index is -3.63. The first-order valence-corrected chi connectivity index (χ1v) is 5.72. The Morgan fingerprint density at radius 3 is 2.11 bits per heavy atom. The number of aromatic hydroxyl groups is 1. The summed E-state index contributed by atoms with van der Waals surface area (Å²) >= 11 is 0. The molecule has 3 nitrogen and oxygen atoms in total. The van der Waals surface area contributed by atoms with Crippen LogP contribution in [0.4, 0.5) is 8.78 Å². The van der Waals surface area contributed by atoms with E-state index in [1.54, 1.807) is 12.1 Å².